The number of hydrogen-bond donors (Lipinski definition) is 0. The minimum absolute atomic E-state index is 0.00840. The van der Waals surface area contributed by atoms with Crippen molar-refractivity contribution in [1.82, 2.24) is 4.98 Å². The Morgan fingerprint density at radius 3 is 1.96 bits per heavy atom. The molecule has 2 aromatic carbocycles. The number of carbonyl (C=O) groups is 2. The van der Waals surface area contributed by atoms with E-state index < -0.39 is 11.9 Å². The molecular formula is C21H14N2O4. The second-order valence-electron chi connectivity index (χ2n) is 5.50. The highest BCUT2D eigenvalue weighted by molar-refractivity contribution is 5.92. The fraction of sp³-hybridized carbons (Fsp3) is 0.0476. The molecule has 0 aliphatic carbocycles. The van der Waals surface area contributed by atoms with Crippen LogP contribution in [0.3, 0.4) is 0 Å². The Balaban J connectivity index is 1.73. The maximum atomic E-state index is 12.2. The maximum Gasteiger partial charge on any atom is 0.362 e. The number of aromatic nitrogens is 1. The zero-order chi connectivity index (χ0) is 19.2. The van der Waals surface area contributed by atoms with E-state index in [4.69, 9.17) is 10.00 Å². The molecule has 1 aromatic heterocycles. The number of ether oxygens (including phenoxy) is 2. The molecule has 0 fully saturated rings. The average molecular weight is 358 g/mol. The number of hydrogen-bond acceptors (Lipinski definition) is 6. The van der Waals surface area contributed by atoms with Gasteiger partial charge in [-0.05, 0) is 47.5 Å². The minimum atomic E-state index is -0.674. The lowest BCUT2D eigenvalue weighted by atomic mass is 10.0. The lowest BCUT2D eigenvalue weighted by molar-refractivity contribution is 0.0593. The van der Waals surface area contributed by atoms with Crippen molar-refractivity contribution in [2.24, 2.45) is 0 Å². The van der Waals surface area contributed by atoms with Crippen LogP contribution in [-0.2, 0) is 4.74 Å². The van der Waals surface area contributed by atoms with E-state index in [1.807, 2.05) is 24.3 Å². The van der Waals surface area contributed by atoms with Crippen molar-refractivity contribution in [3.63, 3.8) is 0 Å². The molecule has 1 heterocycles. The number of pyridine rings is 1. The predicted octanol–water partition coefficient (Wildman–Crippen LogP) is 3.63. The SMILES string of the molecule is COC(=O)c1cccc(C(=O)Oc2ccc(-c3ccc(C#N)cc3)cc2)n1. The molecule has 0 spiro atoms. The first kappa shape index (κ1) is 17.8. The highest BCUT2D eigenvalue weighted by Gasteiger charge is 2.14. The van der Waals surface area contributed by atoms with Gasteiger partial charge in [0.1, 0.15) is 17.1 Å². The summed E-state index contributed by atoms with van der Waals surface area (Å²) in [6.07, 6.45) is 0. The third kappa shape index (κ3) is 4.17. The van der Waals surface area contributed by atoms with E-state index >= 15 is 0 Å². The third-order valence-corrected chi connectivity index (χ3v) is 3.76. The van der Waals surface area contributed by atoms with Gasteiger partial charge >= 0.3 is 11.9 Å². The van der Waals surface area contributed by atoms with Gasteiger partial charge in [-0.3, -0.25) is 0 Å². The standard InChI is InChI=1S/C21H14N2O4/c1-26-20(24)18-3-2-4-19(23-18)21(25)27-17-11-9-16(10-12-17)15-7-5-14(13-22)6-8-15/h2-12H,1H3. The monoisotopic (exact) mass is 358 g/mol. The fourth-order valence-corrected chi connectivity index (χ4v) is 2.38. The average Bonchev–Trinajstić information content (AvgIpc) is 2.74. The third-order valence-electron chi connectivity index (χ3n) is 3.76. The van der Waals surface area contributed by atoms with E-state index in [9.17, 15) is 9.59 Å². The molecule has 0 saturated carbocycles. The zero-order valence-electron chi connectivity index (χ0n) is 14.4. The Hall–Kier alpha value is -3.98. The van der Waals surface area contributed by atoms with Crippen molar-refractivity contribution < 1.29 is 19.1 Å². The van der Waals surface area contributed by atoms with Crippen LogP contribution in [0.15, 0.2) is 66.7 Å². The molecule has 0 atom stereocenters. The summed E-state index contributed by atoms with van der Waals surface area (Å²) < 4.78 is 9.89. The van der Waals surface area contributed by atoms with Gasteiger partial charge < -0.3 is 9.47 Å². The topological polar surface area (TPSA) is 89.3 Å². The Bertz CT molecular complexity index is 1020. The lowest BCUT2D eigenvalue weighted by Crippen LogP contribution is -2.13. The van der Waals surface area contributed by atoms with Crippen molar-refractivity contribution in [3.05, 3.63) is 83.7 Å². The number of esters is 2. The predicted molar refractivity (Wildman–Crippen MR) is 97.1 cm³/mol. The largest absolute Gasteiger partial charge is 0.464 e. The van der Waals surface area contributed by atoms with Crippen LogP contribution in [0.2, 0.25) is 0 Å². The van der Waals surface area contributed by atoms with E-state index in [1.165, 1.54) is 25.3 Å². The molecule has 27 heavy (non-hydrogen) atoms. The Morgan fingerprint density at radius 1 is 0.852 bits per heavy atom. The van der Waals surface area contributed by atoms with Crippen LogP contribution in [0.25, 0.3) is 11.1 Å². The molecule has 0 aliphatic heterocycles. The molecule has 132 valence electrons. The first-order chi connectivity index (χ1) is 13.1. The molecule has 6 nitrogen and oxygen atoms in total. The zero-order valence-corrected chi connectivity index (χ0v) is 14.4. The Morgan fingerprint density at radius 2 is 1.41 bits per heavy atom. The minimum Gasteiger partial charge on any atom is -0.464 e. The number of carbonyl (C=O) groups excluding carboxylic acids is 2. The van der Waals surface area contributed by atoms with E-state index in [2.05, 4.69) is 15.8 Å². The van der Waals surface area contributed by atoms with Crippen molar-refractivity contribution in [1.29, 1.82) is 5.26 Å². The van der Waals surface area contributed by atoms with Crippen molar-refractivity contribution in [3.8, 4) is 22.9 Å². The second kappa shape index (κ2) is 7.93. The summed E-state index contributed by atoms with van der Waals surface area (Å²) in [6, 6.07) is 20.6. The van der Waals surface area contributed by atoms with Crippen LogP contribution >= 0.6 is 0 Å². The van der Waals surface area contributed by atoms with E-state index in [1.54, 1.807) is 24.3 Å². The Labute approximate surface area is 155 Å². The first-order valence-electron chi connectivity index (χ1n) is 7.99. The molecule has 6 heteroatoms. The van der Waals surface area contributed by atoms with Crippen molar-refractivity contribution in [2.45, 2.75) is 0 Å². The van der Waals surface area contributed by atoms with Crippen molar-refractivity contribution in [2.75, 3.05) is 7.11 Å². The maximum absolute atomic E-state index is 12.2. The van der Waals surface area contributed by atoms with Crippen molar-refractivity contribution >= 4 is 11.9 Å². The molecule has 3 rings (SSSR count). The van der Waals surface area contributed by atoms with Gasteiger partial charge in [0.2, 0.25) is 0 Å². The molecule has 0 unspecified atom stereocenters. The summed E-state index contributed by atoms with van der Waals surface area (Å²) in [7, 11) is 1.24. The van der Waals surface area contributed by atoms with Gasteiger partial charge in [-0.25, -0.2) is 14.6 Å². The van der Waals surface area contributed by atoms with Gasteiger partial charge in [0, 0.05) is 0 Å². The first-order valence-corrected chi connectivity index (χ1v) is 7.99. The summed E-state index contributed by atoms with van der Waals surface area (Å²) in [5.74, 6) is -0.953. The Kier molecular flexibility index (Phi) is 5.24. The van der Waals surface area contributed by atoms with Crippen LogP contribution in [0, 0.1) is 11.3 Å². The van der Waals surface area contributed by atoms with Gasteiger partial charge in [0.25, 0.3) is 0 Å². The van der Waals surface area contributed by atoms with Gasteiger partial charge in [0.05, 0.1) is 18.7 Å². The van der Waals surface area contributed by atoms with Crippen LogP contribution in [0.1, 0.15) is 26.5 Å². The molecule has 0 N–H and O–H groups in total. The number of rotatable bonds is 4. The van der Waals surface area contributed by atoms with E-state index in [0.29, 0.717) is 11.3 Å². The quantitative estimate of drug-likeness (QED) is 0.523. The van der Waals surface area contributed by atoms with E-state index in [-0.39, 0.29) is 11.4 Å². The number of nitrogens with zero attached hydrogens (tertiary/aromatic N) is 2. The fourth-order valence-electron chi connectivity index (χ4n) is 2.38. The number of nitriles is 1. The lowest BCUT2D eigenvalue weighted by Gasteiger charge is -2.06. The molecule has 0 saturated heterocycles. The van der Waals surface area contributed by atoms with Gasteiger partial charge in [-0.15, -0.1) is 0 Å². The molecule has 0 amide bonds. The highest BCUT2D eigenvalue weighted by Crippen LogP contribution is 2.23. The molecule has 0 bridgehead atoms. The number of benzene rings is 2. The van der Waals surface area contributed by atoms with Crippen LogP contribution < -0.4 is 4.74 Å². The summed E-state index contributed by atoms with van der Waals surface area (Å²) >= 11 is 0. The van der Waals surface area contributed by atoms with Crippen LogP contribution in [-0.4, -0.2) is 24.0 Å². The van der Waals surface area contributed by atoms with Gasteiger partial charge in [0.15, 0.2) is 0 Å². The summed E-state index contributed by atoms with van der Waals surface area (Å²) in [5, 5.41) is 8.85. The molecular weight excluding hydrogens is 344 g/mol. The van der Waals surface area contributed by atoms with Gasteiger partial charge in [-0.1, -0.05) is 30.3 Å². The molecule has 3 aromatic rings. The second-order valence-corrected chi connectivity index (χ2v) is 5.50. The molecule has 0 radical (unpaired) electrons. The summed E-state index contributed by atoms with van der Waals surface area (Å²) in [4.78, 5) is 27.7. The smallest absolute Gasteiger partial charge is 0.362 e. The summed E-state index contributed by atoms with van der Waals surface area (Å²) in [6.45, 7) is 0. The van der Waals surface area contributed by atoms with E-state index in [0.717, 1.165) is 11.1 Å². The van der Waals surface area contributed by atoms with Crippen LogP contribution in [0.5, 0.6) is 5.75 Å². The van der Waals surface area contributed by atoms with Crippen LogP contribution in [0.4, 0.5) is 0 Å². The number of methoxy groups -OCH3 is 1. The molecule has 0 aliphatic rings. The summed E-state index contributed by atoms with van der Waals surface area (Å²) in [5.41, 5.74) is 2.49. The normalized spacial score (nSPS) is 9.93. The van der Waals surface area contributed by atoms with Gasteiger partial charge in [-0.2, -0.15) is 5.26 Å². The highest BCUT2D eigenvalue weighted by atomic mass is 16.5.